The second kappa shape index (κ2) is 8.21. The molecule has 2 aromatic heterocycles. The molecule has 7 nitrogen and oxygen atoms in total. The maximum atomic E-state index is 12.6. The number of carbonyl (C=O) groups is 1. The summed E-state index contributed by atoms with van der Waals surface area (Å²) >= 11 is 6.59. The van der Waals surface area contributed by atoms with Gasteiger partial charge in [0.15, 0.2) is 5.82 Å². The first-order chi connectivity index (χ1) is 13.1. The van der Waals surface area contributed by atoms with E-state index in [1.165, 1.54) is 0 Å². The summed E-state index contributed by atoms with van der Waals surface area (Å²) in [5, 5.41) is 9.23. The molecule has 1 aliphatic rings. The molecule has 1 aromatic carbocycles. The Kier molecular flexibility index (Phi) is 5.71. The predicted molar refractivity (Wildman–Crippen MR) is 116 cm³/mol. The number of rotatable bonds is 5. The van der Waals surface area contributed by atoms with E-state index in [1.807, 2.05) is 44.0 Å². The summed E-state index contributed by atoms with van der Waals surface area (Å²) in [6.07, 6.45) is 1.89. The van der Waals surface area contributed by atoms with Crippen LogP contribution >= 0.6 is 35.5 Å². The van der Waals surface area contributed by atoms with E-state index >= 15 is 0 Å². The Hall–Kier alpha value is -1.56. The maximum Gasteiger partial charge on any atom is 0.256 e. The van der Waals surface area contributed by atoms with Crippen molar-refractivity contribution in [2.45, 2.75) is 11.6 Å². The number of nitrogens with one attached hydrogen (secondary N) is 1. The molecule has 4 rings (SSSR count). The maximum absolute atomic E-state index is 12.6. The number of hydrogen-bond acceptors (Lipinski definition) is 5. The molecule has 1 fully saturated rings. The number of anilines is 1. The number of halogens is 1. The van der Waals surface area contributed by atoms with Crippen molar-refractivity contribution in [3.8, 4) is 0 Å². The number of amides is 1. The first-order valence-corrected chi connectivity index (χ1v) is 10.2. The molecular weight excluding hydrogens is 477 g/mol. The average Bonchev–Trinajstić information content (AvgIpc) is 3.25. The molecule has 0 atom stereocenters. The van der Waals surface area contributed by atoms with Gasteiger partial charge in [-0.15, -0.1) is 12.6 Å². The summed E-state index contributed by atoms with van der Waals surface area (Å²) in [6.45, 7) is 5.21. The quantitative estimate of drug-likeness (QED) is 0.421. The van der Waals surface area contributed by atoms with Gasteiger partial charge in [-0.05, 0) is 18.2 Å². The van der Waals surface area contributed by atoms with Gasteiger partial charge in [0, 0.05) is 42.8 Å². The van der Waals surface area contributed by atoms with Gasteiger partial charge < -0.3 is 10.1 Å². The van der Waals surface area contributed by atoms with Crippen LogP contribution in [0.25, 0.3) is 10.9 Å². The van der Waals surface area contributed by atoms with Crippen LogP contribution < -0.4 is 5.32 Å². The number of benzene rings is 1. The molecule has 9 heteroatoms. The van der Waals surface area contributed by atoms with Crippen LogP contribution in [0.5, 0.6) is 0 Å². The highest BCUT2D eigenvalue weighted by atomic mass is 127. The molecule has 142 valence electrons. The number of morpholine rings is 1. The van der Waals surface area contributed by atoms with Crippen molar-refractivity contribution < 1.29 is 9.53 Å². The molecule has 27 heavy (non-hydrogen) atoms. The van der Waals surface area contributed by atoms with Gasteiger partial charge in [-0.2, -0.15) is 5.10 Å². The number of nitrogens with zero attached hydrogens (tertiary/aromatic N) is 4. The monoisotopic (exact) mass is 497 g/mol. The van der Waals surface area contributed by atoms with Crippen molar-refractivity contribution in [2.75, 3.05) is 38.2 Å². The fourth-order valence-corrected chi connectivity index (χ4v) is 3.91. The fourth-order valence-electron chi connectivity index (χ4n) is 3.11. The zero-order valence-corrected chi connectivity index (χ0v) is 17.7. The first-order valence-electron chi connectivity index (χ1n) is 8.76. The van der Waals surface area contributed by atoms with Crippen LogP contribution in [-0.4, -0.2) is 56.2 Å². The lowest BCUT2D eigenvalue weighted by Gasteiger charge is -2.26. The van der Waals surface area contributed by atoms with Crippen molar-refractivity contribution in [1.29, 1.82) is 0 Å². The summed E-state index contributed by atoms with van der Waals surface area (Å²) in [7, 11) is 0. The van der Waals surface area contributed by atoms with Crippen molar-refractivity contribution in [3.63, 3.8) is 0 Å². The molecule has 0 saturated carbocycles. The minimum Gasteiger partial charge on any atom is -0.379 e. The summed E-state index contributed by atoms with van der Waals surface area (Å²) in [5.41, 5.74) is 1.55. The van der Waals surface area contributed by atoms with E-state index in [1.54, 1.807) is 0 Å². The standard InChI is InChI=1S/C18H20IN5O2S/c19-24-15-11-14(2-1-13(15)12-17(24)27)18(25)20-16-3-4-23(21-16)6-5-22-7-9-26-10-8-22/h1-4,11-12,27H,5-10H2,(H,20,21,25). The molecule has 3 heterocycles. The highest BCUT2D eigenvalue weighted by Gasteiger charge is 2.13. The Morgan fingerprint density at radius 3 is 2.85 bits per heavy atom. The molecule has 1 amide bonds. The van der Waals surface area contributed by atoms with E-state index in [9.17, 15) is 4.79 Å². The molecule has 0 unspecified atom stereocenters. The minimum atomic E-state index is -0.173. The number of thiol groups is 1. The third-order valence-corrected chi connectivity index (χ3v) is 6.37. The Balaban J connectivity index is 1.39. The van der Waals surface area contributed by atoms with Crippen molar-refractivity contribution >= 4 is 58.1 Å². The molecule has 0 spiro atoms. The lowest BCUT2D eigenvalue weighted by atomic mass is 10.1. The number of hydrogen-bond donors (Lipinski definition) is 2. The molecule has 3 aromatic rings. The van der Waals surface area contributed by atoms with Gasteiger partial charge in [-0.3, -0.25) is 17.2 Å². The zero-order chi connectivity index (χ0) is 18.8. The van der Waals surface area contributed by atoms with Gasteiger partial charge in [0.25, 0.3) is 5.91 Å². The van der Waals surface area contributed by atoms with Crippen LogP contribution in [0.2, 0.25) is 0 Å². The lowest BCUT2D eigenvalue weighted by molar-refractivity contribution is 0.0360. The average molecular weight is 497 g/mol. The number of ether oxygens (including phenoxy) is 1. The minimum absolute atomic E-state index is 0.173. The Morgan fingerprint density at radius 2 is 2.04 bits per heavy atom. The smallest absolute Gasteiger partial charge is 0.256 e. The molecule has 1 N–H and O–H groups in total. The van der Waals surface area contributed by atoms with E-state index in [-0.39, 0.29) is 5.91 Å². The highest BCUT2D eigenvalue weighted by molar-refractivity contribution is 14.1. The van der Waals surface area contributed by atoms with Crippen LogP contribution in [0, 0.1) is 0 Å². The van der Waals surface area contributed by atoms with E-state index in [0.717, 1.165) is 55.3 Å². The molecular formula is C18H20IN5O2S. The Bertz CT molecular complexity index is 964. The molecule has 0 radical (unpaired) electrons. The predicted octanol–water partition coefficient (Wildman–Crippen LogP) is 2.91. The molecule has 0 bridgehead atoms. The van der Waals surface area contributed by atoms with E-state index in [0.29, 0.717) is 11.4 Å². The van der Waals surface area contributed by atoms with Gasteiger partial charge in [0.1, 0.15) is 0 Å². The summed E-state index contributed by atoms with van der Waals surface area (Å²) in [6, 6.07) is 9.41. The van der Waals surface area contributed by atoms with Crippen LogP contribution in [-0.2, 0) is 11.3 Å². The Morgan fingerprint density at radius 1 is 1.22 bits per heavy atom. The summed E-state index contributed by atoms with van der Waals surface area (Å²) in [4.78, 5) is 14.9. The first kappa shape index (κ1) is 18.8. The Labute approximate surface area is 176 Å². The van der Waals surface area contributed by atoms with Crippen molar-refractivity contribution in [1.82, 2.24) is 17.5 Å². The van der Waals surface area contributed by atoms with Crippen LogP contribution in [0.15, 0.2) is 41.6 Å². The van der Waals surface area contributed by atoms with Gasteiger partial charge in [0.2, 0.25) is 0 Å². The van der Waals surface area contributed by atoms with Crippen LogP contribution in [0.1, 0.15) is 10.4 Å². The van der Waals surface area contributed by atoms with Crippen LogP contribution in [0.4, 0.5) is 5.82 Å². The zero-order valence-electron chi connectivity index (χ0n) is 14.6. The molecule has 1 aliphatic heterocycles. The number of fused-ring (bicyclic) bond motifs is 1. The normalized spacial score (nSPS) is 15.3. The number of carbonyl (C=O) groups excluding carboxylic acids is 1. The molecule has 1 saturated heterocycles. The second-order valence-corrected chi connectivity index (χ2v) is 7.85. The largest absolute Gasteiger partial charge is 0.379 e. The van der Waals surface area contributed by atoms with Crippen molar-refractivity contribution in [2.24, 2.45) is 0 Å². The summed E-state index contributed by atoms with van der Waals surface area (Å²) < 4.78 is 9.14. The summed E-state index contributed by atoms with van der Waals surface area (Å²) in [5.74, 6) is 0.385. The van der Waals surface area contributed by atoms with Crippen LogP contribution in [0.3, 0.4) is 0 Å². The SMILES string of the molecule is O=C(Nc1ccn(CCN2CCOCC2)n1)c1ccc2cc(S)n(I)c2c1. The molecule has 0 aliphatic carbocycles. The van der Waals surface area contributed by atoms with Gasteiger partial charge in [0.05, 0.1) is 53.2 Å². The van der Waals surface area contributed by atoms with Gasteiger partial charge >= 0.3 is 0 Å². The highest BCUT2D eigenvalue weighted by Crippen LogP contribution is 2.26. The van der Waals surface area contributed by atoms with Gasteiger partial charge in [-0.1, -0.05) is 6.07 Å². The topological polar surface area (TPSA) is 64.3 Å². The third kappa shape index (κ3) is 4.31. The van der Waals surface area contributed by atoms with E-state index in [4.69, 9.17) is 4.74 Å². The third-order valence-electron chi connectivity index (χ3n) is 4.62. The van der Waals surface area contributed by atoms with Gasteiger partial charge in [-0.25, -0.2) is 0 Å². The van der Waals surface area contributed by atoms with E-state index in [2.05, 4.69) is 50.8 Å². The second-order valence-electron chi connectivity index (χ2n) is 6.43. The lowest BCUT2D eigenvalue weighted by Crippen LogP contribution is -2.38. The van der Waals surface area contributed by atoms with Crippen molar-refractivity contribution in [3.05, 3.63) is 42.1 Å². The van der Waals surface area contributed by atoms with E-state index < -0.39 is 0 Å². The number of aromatic nitrogens is 3. The fraction of sp³-hybridized carbons (Fsp3) is 0.333.